The fourth-order valence-corrected chi connectivity index (χ4v) is 1.98. The van der Waals surface area contributed by atoms with E-state index in [1.165, 1.54) is 0 Å². The first-order valence-corrected chi connectivity index (χ1v) is 7.96. The highest BCUT2D eigenvalue weighted by molar-refractivity contribution is 6.33. The van der Waals surface area contributed by atoms with Crippen molar-refractivity contribution < 1.29 is 9.59 Å². The Morgan fingerprint density at radius 1 is 1.23 bits per heavy atom. The van der Waals surface area contributed by atoms with Gasteiger partial charge >= 0.3 is 0 Å². The Bertz CT molecular complexity index is 520. The average molecular weight is 326 g/mol. The molecular formula is C16H24ClN3O2. The molecule has 0 saturated carbocycles. The van der Waals surface area contributed by atoms with Gasteiger partial charge in [-0.1, -0.05) is 25.4 Å². The lowest BCUT2D eigenvalue weighted by molar-refractivity contribution is -0.120. The van der Waals surface area contributed by atoms with Crippen LogP contribution in [0.25, 0.3) is 0 Å². The second-order valence-corrected chi connectivity index (χ2v) is 5.63. The predicted octanol–water partition coefficient (Wildman–Crippen LogP) is 3.41. The van der Waals surface area contributed by atoms with E-state index in [4.69, 9.17) is 11.6 Å². The molecule has 0 aliphatic rings. The molecular weight excluding hydrogens is 302 g/mol. The SMILES string of the molecule is CCCC(=O)Nc1ccc(Cl)c(NCC(=O)NC(C)CC)c1. The number of carbonyl (C=O) groups is 2. The largest absolute Gasteiger partial charge is 0.375 e. The fraction of sp³-hybridized carbons (Fsp3) is 0.500. The summed E-state index contributed by atoms with van der Waals surface area (Å²) < 4.78 is 0. The van der Waals surface area contributed by atoms with Gasteiger partial charge in [0.25, 0.3) is 0 Å². The van der Waals surface area contributed by atoms with Crippen molar-refractivity contribution >= 4 is 34.8 Å². The zero-order valence-electron chi connectivity index (χ0n) is 13.3. The first kappa shape index (κ1) is 18.3. The predicted molar refractivity (Wildman–Crippen MR) is 91.4 cm³/mol. The molecule has 2 amide bonds. The molecule has 6 heteroatoms. The van der Waals surface area contributed by atoms with Crippen LogP contribution >= 0.6 is 11.6 Å². The van der Waals surface area contributed by atoms with Crippen molar-refractivity contribution in [2.24, 2.45) is 0 Å². The summed E-state index contributed by atoms with van der Waals surface area (Å²) in [5.41, 5.74) is 1.28. The standard InChI is InChI=1S/C16H24ClN3O2/c1-4-6-15(21)20-12-7-8-13(17)14(9-12)18-10-16(22)19-11(3)5-2/h7-9,11,18H,4-6,10H2,1-3H3,(H,19,22)(H,20,21). The molecule has 22 heavy (non-hydrogen) atoms. The summed E-state index contributed by atoms with van der Waals surface area (Å²) in [5.74, 6) is -0.129. The van der Waals surface area contributed by atoms with Crippen LogP contribution in [0.2, 0.25) is 5.02 Å². The third-order valence-electron chi connectivity index (χ3n) is 3.19. The second-order valence-electron chi connectivity index (χ2n) is 5.22. The van der Waals surface area contributed by atoms with Gasteiger partial charge in [-0.05, 0) is 38.0 Å². The van der Waals surface area contributed by atoms with Crippen molar-refractivity contribution in [3.63, 3.8) is 0 Å². The molecule has 122 valence electrons. The van der Waals surface area contributed by atoms with E-state index in [0.717, 1.165) is 12.8 Å². The van der Waals surface area contributed by atoms with E-state index in [2.05, 4.69) is 16.0 Å². The van der Waals surface area contributed by atoms with Crippen molar-refractivity contribution in [2.45, 2.75) is 46.1 Å². The monoisotopic (exact) mass is 325 g/mol. The van der Waals surface area contributed by atoms with Crippen LogP contribution in [0.1, 0.15) is 40.0 Å². The van der Waals surface area contributed by atoms with Gasteiger partial charge in [-0.25, -0.2) is 0 Å². The molecule has 0 aromatic heterocycles. The smallest absolute Gasteiger partial charge is 0.239 e. The van der Waals surface area contributed by atoms with E-state index in [1.54, 1.807) is 18.2 Å². The zero-order valence-corrected chi connectivity index (χ0v) is 14.1. The number of rotatable bonds is 8. The number of hydrogen-bond donors (Lipinski definition) is 3. The molecule has 0 bridgehead atoms. The van der Waals surface area contributed by atoms with Crippen molar-refractivity contribution in [3.8, 4) is 0 Å². The minimum absolute atomic E-state index is 0.0368. The maximum absolute atomic E-state index is 11.8. The minimum atomic E-state index is -0.0918. The van der Waals surface area contributed by atoms with Crippen LogP contribution in [-0.2, 0) is 9.59 Å². The van der Waals surface area contributed by atoms with Gasteiger partial charge < -0.3 is 16.0 Å². The van der Waals surface area contributed by atoms with Crippen LogP contribution in [0.15, 0.2) is 18.2 Å². The lowest BCUT2D eigenvalue weighted by atomic mass is 10.2. The molecule has 1 rings (SSSR count). The van der Waals surface area contributed by atoms with Crippen LogP contribution in [-0.4, -0.2) is 24.4 Å². The third-order valence-corrected chi connectivity index (χ3v) is 3.52. The van der Waals surface area contributed by atoms with Crippen molar-refractivity contribution in [1.82, 2.24) is 5.32 Å². The lowest BCUT2D eigenvalue weighted by Crippen LogP contribution is -2.36. The number of halogens is 1. The number of anilines is 2. The molecule has 1 aromatic rings. The molecule has 3 N–H and O–H groups in total. The van der Waals surface area contributed by atoms with E-state index < -0.39 is 0 Å². The molecule has 5 nitrogen and oxygen atoms in total. The van der Waals surface area contributed by atoms with Gasteiger partial charge in [0.1, 0.15) is 0 Å². The Morgan fingerprint density at radius 3 is 2.59 bits per heavy atom. The fourth-order valence-electron chi connectivity index (χ4n) is 1.79. The summed E-state index contributed by atoms with van der Waals surface area (Å²) >= 11 is 6.10. The number of amides is 2. The van der Waals surface area contributed by atoms with Crippen LogP contribution in [0, 0.1) is 0 Å². The molecule has 1 unspecified atom stereocenters. The number of hydrogen-bond acceptors (Lipinski definition) is 3. The van der Waals surface area contributed by atoms with E-state index in [9.17, 15) is 9.59 Å². The summed E-state index contributed by atoms with van der Waals surface area (Å²) in [5, 5.41) is 9.17. The molecule has 0 saturated heterocycles. The maximum Gasteiger partial charge on any atom is 0.239 e. The Kier molecular flexibility index (Phi) is 7.74. The number of benzene rings is 1. The van der Waals surface area contributed by atoms with Crippen LogP contribution in [0.5, 0.6) is 0 Å². The molecule has 0 heterocycles. The summed E-state index contributed by atoms with van der Waals surface area (Å²) in [6, 6.07) is 5.30. The zero-order chi connectivity index (χ0) is 16.5. The van der Waals surface area contributed by atoms with Gasteiger partial charge in [0.2, 0.25) is 11.8 Å². The van der Waals surface area contributed by atoms with Gasteiger partial charge in [-0.2, -0.15) is 0 Å². The van der Waals surface area contributed by atoms with E-state index in [-0.39, 0.29) is 24.4 Å². The number of nitrogens with one attached hydrogen (secondary N) is 3. The van der Waals surface area contributed by atoms with Crippen LogP contribution in [0.4, 0.5) is 11.4 Å². The average Bonchev–Trinajstić information content (AvgIpc) is 2.47. The van der Waals surface area contributed by atoms with Crippen LogP contribution in [0.3, 0.4) is 0 Å². The first-order chi connectivity index (χ1) is 10.5. The highest BCUT2D eigenvalue weighted by Crippen LogP contribution is 2.25. The molecule has 0 radical (unpaired) electrons. The van der Waals surface area contributed by atoms with E-state index in [1.807, 2.05) is 20.8 Å². The first-order valence-electron chi connectivity index (χ1n) is 7.58. The molecule has 0 aliphatic heterocycles. The van der Waals surface area contributed by atoms with Gasteiger partial charge in [0, 0.05) is 18.2 Å². The topological polar surface area (TPSA) is 70.2 Å². The van der Waals surface area contributed by atoms with E-state index in [0.29, 0.717) is 22.8 Å². The minimum Gasteiger partial charge on any atom is -0.375 e. The normalized spacial score (nSPS) is 11.6. The Labute approximate surface area is 136 Å². The van der Waals surface area contributed by atoms with Crippen LogP contribution < -0.4 is 16.0 Å². The Balaban J connectivity index is 2.62. The molecule has 1 atom stereocenters. The summed E-state index contributed by atoms with van der Waals surface area (Å²) in [6.07, 6.45) is 2.15. The molecule has 0 aliphatic carbocycles. The van der Waals surface area contributed by atoms with Gasteiger partial charge in [0.15, 0.2) is 0 Å². The highest BCUT2D eigenvalue weighted by atomic mass is 35.5. The molecule has 0 fully saturated rings. The summed E-state index contributed by atoms with van der Waals surface area (Å²) in [4.78, 5) is 23.4. The lowest BCUT2D eigenvalue weighted by Gasteiger charge is -2.14. The highest BCUT2D eigenvalue weighted by Gasteiger charge is 2.08. The van der Waals surface area contributed by atoms with Gasteiger partial charge in [-0.15, -0.1) is 0 Å². The second kappa shape index (κ2) is 9.30. The maximum atomic E-state index is 11.8. The third kappa shape index (κ3) is 6.35. The Morgan fingerprint density at radius 2 is 1.95 bits per heavy atom. The summed E-state index contributed by atoms with van der Waals surface area (Å²) in [6.45, 7) is 6.05. The Hall–Kier alpha value is -1.75. The van der Waals surface area contributed by atoms with Crippen molar-refractivity contribution in [3.05, 3.63) is 23.2 Å². The van der Waals surface area contributed by atoms with Crippen molar-refractivity contribution in [1.29, 1.82) is 0 Å². The molecule has 1 aromatic carbocycles. The van der Waals surface area contributed by atoms with Gasteiger partial charge in [-0.3, -0.25) is 9.59 Å². The quantitative estimate of drug-likeness (QED) is 0.686. The van der Waals surface area contributed by atoms with Gasteiger partial charge in [0.05, 0.1) is 17.3 Å². The van der Waals surface area contributed by atoms with E-state index >= 15 is 0 Å². The number of carbonyl (C=O) groups excluding carboxylic acids is 2. The summed E-state index contributed by atoms with van der Waals surface area (Å²) in [7, 11) is 0. The van der Waals surface area contributed by atoms with Crippen molar-refractivity contribution in [2.75, 3.05) is 17.2 Å². The molecule has 0 spiro atoms.